The molecule has 9 heteroatoms. The highest BCUT2D eigenvalue weighted by molar-refractivity contribution is 5.79. The van der Waals surface area contributed by atoms with Crippen LogP contribution in [-0.2, 0) is 33.4 Å². The Balaban J connectivity index is 0.000000573. The molecule has 2 aliphatic rings. The second-order valence-electron chi connectivity index (χ2n) is 16.8. The summed E-state index contributed by atoms with van der Waals surface area (Å²) >= 11 is 0. The lowest BCUT2D eigenvalue weighted by atomic mass is 9.86. The van der Waals surface area contributed by atoms with Crippen LogP contribution in [0.1, 0.15) is 233 Å². The van der Waals surface area contributed by atoms with Gasteiger partial charge in [0, 0.05) is 12.8 Å². The smallest absolute Gasteiger partial charge is 0.325 e. The van der Waals surface area contributed by atoms with E-state index < -0.39 is 5.97 Å². The average molecular weight is 794 g/mol. The maximum atomic E-state index is 12.0. The summed E-state index contributed by atoms with van der Waals surface area (Å²) in [5.41, 5.74) is 0. The molecule has 0 bridgehead atoms. The van der Waals surface area contributed by atoms with Crippen molar-refractivity contribution in [3.63, 3.8) is 0 Å². The van der Waals surface area contributed by atoms with Gasteiger partial charge in [-0.3, -0.25) is 19.2 Å². The van der Waals surface area contributed by atoms with E-state index in [1.807, 2.05) is 0 Å². The van der Waals surface area contributed by atoms with Crippen LogP contribution >= 0.6 is 0 Å². The molecule has 0 spiro atoms. The molecule has 0 saturated carbocycles. The molecule has 1 amide bonds. The first kappa shape index (κ1) is 51.9. The van der Waals surface area contributed by atoms with Crippen LogP contribution in [0.25, 0.3) is 0 Å². The van der Waals surface area contributed by atoms with E-state index in [1.54, 1.807) is 0 Å². The summed E-state index contributed by atoms with van der Waals surface area (Å²) in [7, 11) is 0. The first-order chi connectivity index (χ1) is 27.3. The number of ether oxygens (including phenoxy) is 3. The van der Waals surface area contributed by atoms with Gasteiger partial charge in [-0.25, -0.2) is 0 Å². The van der Waals surface area contributed by atoms with E-state index in [2.05, 4.69) is 33.0 Å². The number of rotatable bonds is 38. The fourth-order valence-corrected chi connectivity index (χ4v) is 8.01. The summed E-state index contributed by atoms with van der Waals surface area (Å²) in [4.78, 5) is 45.9. The normalized spacial score (nSPS) is 19.7. The predicted octanol–water partition coefficient (Wildman–Crippen LogP) is 11.6. The standard InChI is InChI=1S/C25H45NO5.C22H42O3/c1-3-5-7-9-10-11-12-13-14-16-21(30-24(28)19-26-20-27)18-23-22(25(29)31-23)17-15-8-6-4-2;1-3-5-7-9-10-11-12-13-14-16-19(23)18-21-20(22(24)25-21)17-15-8-6-4-2/h20-23H,3-19H2,1-2H3,(H,26,27);19-21,23H,3-18H2,1-2H3/t21-,22-,23-;19-,20+,21+/m01/s1. The molecule has 2 heterocycles. The Hall–Kier alpha value is -2.16. The number of carbonyl (C=O) groups excluding carboxylic acids is 4. The second kappa shape index (κ2) is 36.0. The molecule has 0 aromatic heterocycles. The van der Waals surface area contributed by atoms with Crippen LogP contribution in [0.3, 0.4) is 0 Å². The van der Waals surface area contributed by atoms with Crippen molar-refractivity contribution in [3.8, 4) is 0 Å². The number of aliphatic hydroxyl groups excluding tert-OH is 1. The number of hydrogen-bond acceptors (Lipinski definition) is 8. The molecule has 2 N–H and O–H groups in total. The second-order valence-corrected chi connectivity index (χ2v) is 16.8. The summed E-state index contributed by atoms with van der Waals surface area (Å²) in [6.07, 6.45) is 36.6. The molecule has 0 radical (unpaired) electrons. The van der Waals surface area contributed by atoms with Crippen LogP contribution in [0.2, 0.25) is 0 Å². The lowest BCUT2D eigenvalue weighted by Gasteiger charge is -2.37. The third-order valence-corrected chi connectivity index (χ3v) is 11.7. The molecule has 2 fully saturated rings. The number of amides is 1. The zero-order valence-corrected chi connectivity index (χ0v) is 36.7. The van der Waals surface area contributed by atoms with Crippen LogP contribution in [0.15, 0.2) is 0 Å². The first-order valence-electron chi connectivity index (χ1n) is 23.8. The number of hydrogen-bond donors (Lipinski definition) is 2. The highest BCUT2D eigenvalue weighted by atomic mass is 16.6. The molecule has 2 rings (SSSR count). The predicted molar refractivity (Wildman–Crippen MR) is 227 cm³/mol. The van der Waals surface area contributed by atoms with E-state index >= 15 is 0 Å². The van der Waals surface area contributed by atoms with Gasteiger partial charge in [0.1, 0.15) is 24.9 Å². The van der Waals surface area contributed by atoms with Gasteiger partial charge in [-0.1, -0.05) is 188 Å². The van der Waals surface area contributed by atoms with Gasteiger partial charge in [-0.2, -0.15) is 0 Å². The Labute approximate surface area is 343 Å². The van der Waals surface area contributed by atoms with Crippen molar-refractivity contribution in [1.82, 2.24) is 5.32 Å². The summed E-state index contributed by atoms with van der Waals surface area (Å²) in [5.74, 6) is -0.601. The SMILES string of the molecule is CCCCCCCCCCC[C@@H](C[C@@H]1OC(=O)[C@H]1CCCCCC)OC(=O)CNC=O.CCCCCCCCCCC[C@@H](O)C[C@@H]1OC(=O)[C@H]1CCCCCC. The first-order valence-corrected chi connectivity index (χ1v) is 23.8. The Morgan fingerprint density at radius 2 is 0.964 bits per heavy atom. The fraction of sp³-hybridized carbons (Fsp3) is 0.915. The Morgan fingerprint density at radius 3 is 1.38 bits per heavy atom. The Morgan fingerprint density at radius 1 is 0.589 bits per heavy atom. The van der Waals surface area contributed by atoms with Gasteiger partial charge in [0.15, 0.2) is 0 Å². The van der Waals surface area contributed by atoms with E-state index in [9.17, 15) is 24.3 Å². The molecule has 0 unspecified atom stereocenters. The molecule has 328 valence electrons. The maximum Gasteiger partial charge on any atom is 0.325 e. The van der Waals surface area contributed by atoms with Gasteiger partial charge in [0.25, 0.3) is 0 Å². The molecule has 9 nitrogen and oxygen atoms in total. The highest BCUT2D eigenvalue weighted by Gasteiger charge is 2.43. The monoisotopic (exact) mass is 794 g/mol. The molecule has 0 aromatic carbocycles. The van der Waals surface area contributed by atoms with Crippen molar-refractivity contribution in [3.05, 3.63) is 0 Å². The lowest BCUT2D eigenvalue weighted by molar-refractivity contribution is -0.190. The van der Waals surface area contributed by atoms with E-state index in [0.29, 0.717) is 19.3 Å². The summed E-state index contributed by atoms with van der Waals surface area (Å²) in [6, 6.07) is 0. The van der Waals surface area contributed by atoms with Gasteiger partial charge >= 0.3 is 17.9 Å². The third kappa shape index (κ3) is 26.0. The Bertz CT molecular complexity index is 976. The lowest BCUT2D eigenvalue weighted by Crippen LogP contribution is -2.47. The van der Waals surface area contributed by atoms with Crippen molar-refractivity contribution in [2.45, 2.75) is 258 Å². The van der Waals surface area contributed by atoms with Gasteiger partial charge in [0.05, 0.1) is 17.9 Å². The summed E-state index contributed by atoms with van der Waals surface area (Å²) < 4.78 is 16.3. The molecule has 56 heavy (non-hydrogen) atoms. The minimum atomic E-state index is -0.432. The Kier molecular flexibility index (Phi) is 33.3. The number of esters is 3. The van der Waals surface area contributed by atoms with Crippen molar-refractivity contribution in [2.75, 3.05) is 6.54 Å². The van der Waals surface area contributed by atoms with Crippen LogP contribution in [0.5, 0.6) is 0 Å². The van der Waals surface area contributed by atoms with Crippen LogP contribution in [-0.4, -0.2) is 60.4 Å². The average Bonchev–Trinajstić information content (AvgIpc) is 3.18. The summed E-state index contributed by atoms with van der Waals surface area (Å²) in [6.45, 7) is 8.74. The van der Waals surface area contributed by atoms with Gasteiger partial charge in [0.2, 0.25) is 6.41 Å². The quantitative estimate of drug-likeness (QED) is 0.0274. The summed E-state index contributed by atoms with van der Waals surface area (Å²) in [5, 5.41) is 12.6. The molecule has 0 aromatic rings. The van der Waals surface area contributed by atoms with Crippen molar-refractivity contribution in [2.24, 2.45) is 11.8 Å². The maximum absolute atomic E-state index is 12.0. The van der Waals surface area contributed by atoms with Crippen molar-refractivity contribution in [1.29, 1.82) is 0 Å². The molecular weight excluding hydrogens is 707 g/mol. The number of aliphatic hydroxyl groups is 1. The minimum absolute atomic E-state index is 0.0253. The molecule has 0 aliphatic carbocycles. The minimum Gasteiger partial charge on any atom is -0.461 e. The molecule has 6 atom stereocenters. The van der Waals surface area contributed by atoms with Gasteiger partial charge in [-0.05, 0) is 32.1 Å². The third-order valence-electron chi connectivity index (χ3n) is 11.7. The number of carbonyl (C=O) groups is 4. The zero-order valence-electron chi connectivity index (χ0n) is 36.7. The molecule has 2 saturated heterocycles. The van der Waals surface area contributed by atoms with Crippen molar-refractivity contribution >= 4 is 24.3 Å². The van der Waals surface area contributed by atoms with Crippen molar-refractivity contribution < 1.29 is 38.5 Å². The van der Waals surface area contributed by atoms with E-state index in [1.165, 1.54) is 128 Å². The van der Waals surface area contributed by atoms with E-state index in [0.717, 1.165) is 64.2 Å². The number of unbranched alkanes of at least 4 members (excludes halogenated alkanes) is 22. The molecule has 2 aliphatic heterocycles. The number of cyclic esters (lactones) is 2. The van der Waals surface area contributed by atoms with Crippen LogP contribution < -0.4 is 5.32 Å². The molecular formula is C47H87NO8. The number of nitrogens with one attached hydrogen (secondary N) is 1. The van der Waals surface area contributed by atoms with E-state index in [-0.39, 0.29) is 54.7 Å². The zero-order chi connectivity index (χ0) is 41.1. The highest BCUT2D eigenvalue weighted by Crippen LogP contribution is 2.33. The largest absolute Gasteiger partial charge is 0.461 e. The topological polar surface area (TPSA) is 128 Å². The van der Waals surface area contributed by atoms with Crippen LogP contribution in [0, 0.1) is 11.8 Å². The fourth-order valence-electron chi connectivity index (χ4n) is 8.01. The van der Waals surface area contributed by atoms with Gasteiger partial charge in [-0.15, -0.1) is 0 Å². The van der Waals surface area contributed by atoms with Gasteiger partial charge < -0.3 is 24.6 Å². The van der Waals surface area contributed by atoms with E-state index in [4.69, 9.17) is 14.2 Å². The van der Waals surface area contributed by atoms with Crippen LogP contribution in [0.4, 0.5) is 0 Å².